The minimum absolute atomic E-state index is 0.0482. The van der Waals surface area contributed by atoms with E-state index < -0.39 is 5.72 Å². The van der Waals surface area contributed by atoms with Crippen LogP contribution < -0.4 is 11.0 Å². The lowest BCUT2D eigenvalue weighted by atomic mass is 9.90. The van der Waals surface area contributed by atoms with Gasteiger partial charge in [0.05, 0.1) is 18.6 Å². The molecule has 1 fully saturated rings. The van der Waals surface area contributed by atoms with Gasteiger partial charge in [-0.2, -0.15) is 9.48 Å². The van der Waals surface area contributed by atoms with Crippen molar-refractivity contribution in [3.05, 3.63) is 77.1 Å². The first-order valence-electron chi connectivity index (χ1n) is 12.0. The number of para-hydroxylation sites is 1. The van der Waals surface area contributed by atoms with Crippen LogP contribution in [-0.2, 0) is 4.74 Å². The lowest BCUT2D eigenvalue weighted by Gasteiger charge is -2.41. The summed E-state index contributed by atoms with van der Waals surface area (Å²) in [5.41, 5.74) is 1.73. The number of imidazole rings is 1. The SMILES string of the molecule is COC1(C2CC(n3c(=O)[nH]c4ncccc43)CCN2)C=C[N+](C)(C(=O)c2c[nH]c3ccccc23)C=N1. The normalized spacial score (nSPS) is 28.2. The topological polar surface area (TPSA) is 117 Å². The van der Waals surface area contributed by atoms with E-state index in [0.29, 0.717) is 24.2 Å². The predicted molar refractivity (Wildman–Crippen MR) is 137 cm³/mol. The van der Waals surface area contributed by atoms with Crippen LogP contribution in [0.2, 0.25) is 0 Å². The number of carbonyl (C=O) groups excluding carboxylic acids is 1. The van der Waals surface area contributed by atoms with E-state index in [1.807, 2.05) is 48.7 Å². The van der Waals surface area contributed by atoms with Crippen molar-refractivity contribution < 1.29 is 14.0 Å². The van der Waals surface area contributed by atoms with Crippen molar-refractivity contribution in [2.24, 2.45) is 4.99 Å². The van der Waals surface area contributed by atoms with Gasteiger partial charge in [0.2, 0.25) is 12.1 Å². The molecule has 3 N–H and O–H groups in total. The number of rotatable bonds is 4. The number of nitrogens with zero attached hydrogens (tertiary/aromatic N) is 4. The highest BCUT2D eigenvalue weighted by molar-refractivity contribution is 6.05. The van der Waals surface area contributed by atoms with Gasteiger partial charge in [-0.05, 0) is 37.6 Å². The number of hydrogen-bond acceptors (Lipinski definition) is 6. The number of quaternary nitrogens is 1. The number of nitrogens with one attached hydrogen (secondary N) is 3. The van der Waals surface area contributed by atoms with Gasteiger partial charge in [0.15, 0.2) is 5.65 Å². The molecule has 184 valence electrons. The summed E-state index contributed by atoms with van der Waals surface area (Å²) in [5, 5.41) is 4.40. The lowest BCUT2D eigenvalue weighted by Crippen LogP contribution is -2.57. The molecule has 0 saturated carbocycles. The molecule has 3 aromatic heterocycles. The fourth-order valence-electron chi connectivity index (χ4n) is 5.42. The second-order valence-corrected chi connectivity index (χ2v) is 9.57. The van der Waals surface area contributed by atoms with Crippen LogP contribution in [0.4, 0.5) is 0 Å². The molecule has 6 rings (SSSR count). The van der Waals surface area contributed by atoms with Crippen molar-refractivity contribution in [3.8, 4) is 0 Å². The van der Waals surface area contributed by atoms with Crippen molar-refractivity contribution in [2.75, 3.05) is 20.7 Å². The third kappa shape index (κ3) is 3.45. The molecule has 5 heterocycles. The van der Waals surface area contributed by atoms with Gasteiger partial charge in [-0.3, -0.25) is 9.55 Å². The summed E-state index contributed by atoms with van der Waals surface area (Å²) >= 11 is 0. The monoisotopic (exact) mass is 486 g/mol. The summed E-state index contributed by atoms with van der Waals surface area (Å²) in [5.74, 6) is -0.0931. The molecule has 1 amide bonds. The Morgan fingerprint density at radius 2 is 2.11 bits per heavy atom. The molecule has 0 bridgehead atoms. The fraction of sp³-hybridized carbons (Fsp3) is 0.308. The molecule has 4 atom stereocenters. The number of carbonyl (C=O) groups is 1. The number of aromatic amines is 2. The van der Waals surface area contributed by atoms with Gasteiger partial charge in [0, 0.05) is 42.5 Å². The summed E-state index contributed by atoms with van der Waals surface area (Å²) in [6.45, 7) is 0.698. The van der Waals surface area contributed by atoms with E-state index in [2.05, 4.69) is 20.3 Å². The fourth-order valence-corrected chi connectivity index (χ4v) is 5.42. The van der Waals surface area contributed by atoms with Crippen molar-refractivity contribution in [1.29, 1.82) is 0 Å². The Bertz CT molecular complexity index is 1560. The van der Waals surface area contributed by atoms with Crippen molar-refractivity contribution in [1.82, 2.24) is 24.8 Å². The van der Waals surface area contributed by atoms with Crippen LogP contribution in [-0.4, -0.2) is 68.7 Å². The number of piperidine rings is 1. The lowest BCUT2D eigenvalue weighted by molar-refractivity contribution is -0.668. The number of methoxy groups -OCH3 is 1. The summed E-state index contributed by atoms with van der Waals surface area (Å²) in [4.78, 5) is 41.4. The number of H-pyrrole nitrogens is 2. The van der Waals surface area contributed by atoms with Crippen LogP contribution >= 0.6 is 0 Å². The molecular formula is C26H28N7O3+. The molecule has 4 unspecified atom stereocenters. The third-order valence-electron chi connectivity index (χ3n) is 7.44. The molecular weight excluding hydrogens is 458 g/mol. The van der Waals surface area contributed by atoms with Crippen LogP contribution in [0.25, 0.3) is 22.1 Å². The molecule has 10 heteroatoms. The van der Waals surface area contributed by atoms with Crippen LogP contribution in [0.3, 0.4) is 0 Å². The maximum atomic E-state index is 13.5. The second-order valence-electron chi connectivity index (χ2n) is 9.57. The highest BCUT2D eigenvalue weighted by Gasteiger charge is 2.46. The first kappa shape index (κ1) is 22.6. The Kier molecular flexibility index (Phi) is 5.25. The summed E-state index contributed by atoms with van der Waals surface area (Å²) in [7, 11) is 3.42. The highest BCUT2D eigenvalue weighted by Crippen LogP contribution is 2.34. The Balaban J connectivity index is 1.28. The standard InChI is InChI=1S/C26H27N7O3/c1-33(24(34)19-15-29-20-7-4-3-6-18(19)20)13-10-26(36-2,30-16-33)22-14-17(9-12-27-22)32-21-8-5-11-28-23(21)31-25(32)35/h3-8,10-11,13,15-17,22,27H,9,12,14H2,1-2H3,(H-,28,29,31,34,35)/p+1. The van der Waals surface area contributed by atoms with E-state index in [-0.39, 0.29) is 28.2 Å². The third-order valence-corrected chi connectivity index (χ3v) is 7.44. The quantitative estimate of drug-likeness (QED) is 0.384. The Morgan fingerprint density at radius 1 is 1.25 bits per heavy atom. The zero-order chi connectivity index (χ0) is 24.9. The molecule has 1 aromatic carbocycles. The van der Waals surface area contributed by atoms with Crippen molar-refractivity contribution >= 4 is 34.3 Å². The zero-order valence-corrected chi connectivity index (χ0v) is 20.1. The minimum atomic E-state index is -0.995. The zero-order valence-electron chi connectivity index (χ0n) is 20.1. The average Bonchev–Trinajstić information content (AvgIpc) is 3.49. The molecule has 2 aliphatic rings. The number of aromatic nitrogens is 4. The highest BCUT2D eigenvalue weighted by atomic mass is 16.5. The summed E-state index contributed by atoms with van der Waals surface area (Å²) < 4.78 is 7.63. The van der Waals surface area contributed by atoms with E-state index in [9.17, 15) is 9.59 Å². The second kappa shape index (κ2) is 8.37. The van der Waals surface area contributed by atoms with Gasteiger partial charge in [-0.1, -0.05) is 18.2 Å². The number of pyridine rings is 1. The van der Waals surface area contributed by atoms with Gasteiger partial charge in [0.1, 0.15) is 11.8 Å². The van der Waals surface area contributed by atoms with Crippen molar-refractivity contribution in [2.45, 2.75) is 30.7 Å². The van der Waals surface area contributed by atoms with Gasteiger partial charge < -0.3 is 15.0 Å². The Labute approximate surface area is 206 Å². The number of benzene rings is 1. The van der Waals surface area contributed by atoms with Crippen molar-refractivity contribution in [3.63, 3.8) is 0 Å². The van der Waals surface area contributed by atoms with E-state index >= 15 is 0 Å². The van der Waals surface area contributed by atoms with Gasteiger partial charge >= 0.3 is 11.6 Å². The van der Waals surface area contributed by atoms with E-state index in [1.54, 1.807) is 37.5 Å². The maximum Gasteiger partial charge on any atom is 0.358 e. The van der Waals surface area contributed by atoms with Crippen LogP contribution in [0.5, 0.6) is 0 Å². The molecule has 0 radical (unpaired) electrons. The molecule has 0 aliphatic carbocycles. The van der Waals surface area contributed by atoms with Gasteiger partial charge in [-0.15, -0.1) is 0 Å². The maximum absolute atomic E-state index is 13.5. The molecule has 0 spiro atoms. The first-order chi connectivity index (χ1) is 17.4. The van der Waals surface area contributed by atoms with Gasteiger partial charge in [0.25, 0.3) is 0 Å². The number of ether oxygens (including phenoxy) is 1. The first-order valence-corrected chi connectivity index (χ1v) is 12.0. The molecule has 10 nitrogen and oxygen atoms in total. The van der Waals surface area contributed by atoms with Crippen LogP contribution in [0.1, 0.15) is 29.2 Å². The molecule has 1 saturated heterocycles. The molecule has 36 heavy (non-hydrogen) atoms. The number of hydrogen-bond donors (Lipinski definition) is 3. The summed E-state index contributed by atoms with van der Waals surface area (Å²) in [6.07, 6.45) is 10.2. The number of aliphatic imine (C=N–C) groups is 1. The molecule has 4 aromatic rings. The predicted octanol–water partition coefficient (Wildman–Crippen LogP) is 2.68. The smallest absolute Gasteiger partial charge is 0.358 e. The molecule has 2 aliphatic heterocycles. The Hall–Kier alpha value is -3.86. The number of amides is 1. The Morgan fingerprint density at radius 3 is 2.92 bits per heavy atom. The largest absolute Gasteiger partial charge is 0.360 e. The average molecular weight is 487 g/mol. The van der Waals surface area contributed by atoms with Gasteiger partial charge in [-0.25, -0.2) is 14.6 Å². The number of fused-ring (bicyclic) bond motifs is 2. The van der Waals surface area contributed by atoms with Crippen LogP contribution in [0.15, 0.2) is 70.9 Å². The minimum Gasteiger partial charge on any atom is -0.360 e. The summed E-state index contributed by atoms with van der Waals surface area (Å²) in [6, 6.07) is 11.2. The van der Waals surface area contributed by atoms with E-state index in [4.69, 9.17) is 9.73 Å². The van der Waals surface area contributed by atoms with E-state index in [1.165, 1.54) is 0 Å². The van der Waals surface area contributed by atoms with Crippen LogP contribution in [0, 0.1) is 0 Å². The van der Waals surface area contributed by atoms with E-state index in [0.717, 1.165) is 22.8 Å².